The molecule has 2 aliphatic rings. The van der Waals surface area contributed by atoms with Gasteiger partial charge in [-0.25, -0.2) is 0 Å². The van der Waals surface area contributed by atoms with Crippen molar-refractivity contribution in [2.45, 2.75) is 32.6 Å². The minimum Gasteiger partial charge on any atom is -0.294 e. The molecule has 0 aliphatic heterocycles. The van der Waals surface area contributed by atoms with E-state index in [1.54, 1.807) is 0 Å². The van der Waals surface area contributed by atoms with Crippen molar-refractivity contribution in [3.63, 3.8) is 0 Å². The molecular formula is C15H18O. The average Bonchev–Trinajstić information content (AvgIpc) is 2.64. The van der Waals surface area contributed by atoms with E-state index in [0.717, 1.165) is 17.9 Å². The maximum Gasteiger partial charge on any atom is 0.164 e. The van der Waals surface area contributed by atoms with Gasteiger partial charge in [0, 0.05) is 17.4 Å². The Labute approximate surface area is 96.9 Å². The summed E-state index contributed by atoms with van der Waals surface area (Å²) in [7, 11) is 0. The van der Waals surface area contributed by atoms with Gasteiger partial charge < -0.3 is 0 Å². The summed E-state index contributed by atoms with van der Waals surface area (Å²) in [6.07, 6.45) is 0.735. The molecule has 16 heavy (non-hydrogen) atoms. The SMILES string of the molecule is C[C@H]1[C@@H](C)C2(CC(=O)c3ccccc32)[C@H]1C. The van der Waals surface area contributed by atoms with E-state index in [0.29, 0.717) is 17.6 Å². The number of carbonyl (C=O) groups excluding carboxylic acids is 1. The van der Waals surface area contributed by atoms with Crippen LogP contribution in [0.3, 0.4) is 0 Å². The standard InChI is InChI=1S/C15H18O/c1-9-10(2)15(11(9)3)8-14(16)12-6-4-5-7-13(12)15/h4-7,9-11H,8H2,1-3H3/t9-,10+,11-,15?. The van der Waals surface area contributed by atoms with E-state index < -0.39 is 0 Å². The molecule has 1 fully saturated rings. The first kappa shape index (κ1) is 10.1. The number of fused-ring (bicyclic) bond motifs is 2. The lowest BCUT2D eigenvalue weighted by molar-refractivity contribution is -0.0210. The Morgan fingerprint density at radius 2 is 1.75 bits per heavy atom. The van der Waals surface area contributed by atoms with Crippen LogP contribution in [0.15, 0.2) is 24.3 Å². The summed E-state index contributed by atoms with van der Waals surface area (Å²) >= 11 is 0. The molecular weight excluding hydrogens is 196 g/mol. The Bertz CT molecular complexity index is 450. The normalized spacial score (nSPS) is 40.9. The van der Waals surface area contributed by atoms with Crippen LogP contribution in [0.2, 0.25) is 0 Å². The Balaban J connectivity index is 2.17. The van der Waals surface area contributed by atoms with Gasteiger partial charge in [-0.15, -0.1) is 0 Å². The molecule has 1 aromatic carbocycles. The minimum absolute atomic E-state index is 0.160. The van der Waals surface area contributed by atoms with Crippen LogP contribution < -0.4 is 0 Å². The molecule has 3 rings (SSSR count). The number of carbonyl (C=O) groups is 1. The molecule has 1 nitrogen and oxygen atoms in total. The van der Waals surface area contributed by atoms with Crippen LogP contribution in [-0.2, 0) is 5.41 Å². The molecule has 2 aliphatic carbocycles. The van der Waals surface area contributed by atoms with Crippen molar-refractivity contribution in [1.29, 1.82) is 0 Å². The highest BCUT2D eigenvalue weighted by molar-refractivity contribution is 6.02. The molecule has 1 unspecified atom stereocenters. The summed E-state index contributed by atoms with van der Waals surface area (Å²) < 4.78 is 0. The fourth-order valence-electron chi connectivity index (χ4n) is 4.07. The van der Waals surface area contributed by atoms with Crippen molar-refractivity contribution in [3.05, 3.63) is 35.4 Å². The zero-order valence-electron chi connectivity index (χ0n) is 10.2. The fraction of sp³-hybridized carbons (Fsp3) is 0.533. The lowest BCUT2D eigenvalue weighted by atomic mass is 9.46. The molecule has 0 heterocycles. The number of hydrogen-bond donors (Lipinski definition) is 0. The second kappa shape index (κ2) is 2.97. The number of rotatable bonds is 0. The smallest absolute Gasteiger partial charge is 0.164 e. The van der Waals surface area contributed by atoms with Crippen LogP contribution in [0, 0.1) is 17.8 Å². The third-order valence-electron chi connectivity index (χ3n) is 5.38. The summed E-state index contributed by atoms with van der Waals surface area (Å²) in [4.78, 5) is 12.1. The Kier molecular flexibility index (Phi) is 1.87. The third-order valence-corrected chi connectivity index (χ3v) is 5.38. The van der Waals surface area contributed by atoms with Crippen molar-refractivity contribution in [3.8, 4) is 0 Å². The van der Waals surface area contributed by atoms with Crippen LogP contribution >= 0.6 is 0 Å². The van der Waals surface area contributed by atoms with Crippen molar-refractivity contribution >= 4 is 5.78 Å². The Hall–Kier alpha value is -1.11. The molecule has 1 saturated carbocycles. The predicted molar refractivity (Wildman–Crippen MR) is 64.6 cm³/mol. The molecule has 0 amide bonds. The molecule has 0 saturated heterocycles. The minimum atomic E-state index is 0.160. The van der Waals surface area contributed by atoms with Gasteiger partial charge in [-0.2, -0.15) is 0 Å². The molecule has 4 atom stereocenters. The van der Waals surface area contributed by atoms with E-state index in [1.807, 2.05) is 12.1 Å². The van der Waals surface area contributed by atoms with Gasteiger partial charge in [-0.1, -0.05) is 45.0 Å². The Morgan fingerprint density at radius 3 is 2.44 bits per heavy atom. The Morgan fingerprint density at radius 1 is 1.12 bits per heavy atom. The van der Waals surface area contributed by atoms with Crippen LogP contribution in [-0.4, -0.2) is 5.78 Å². The monoisotopic (exact) mass is 214 g/mol. The first-order valence-corrected chi connectivity index (χ1v) is 6.21. The zero-order chi connectivity index (χ0) is 11.5. The van der Waals surface area contributed by atoms with Gasteiger partial charge in [0.1, 0.15) is 0 Å². The van der Waals surface area contributed by atoms with Crippen LogP contribution in [0.25, 0.3) is 0 Å². The summed E-state index contributed by atoms with van der Waals surface area (Å²) in [6.45, 7) is 6.92. The van der Waals surface area contributed by atoms with Gasteiger partial charge >= 0.3 is 0 Å². The van der Waals surface area contributed by atoms with E-state index in [4.69, 9.17) is 0 Å². The number of benzene rings is 1. The summed E-state index contributed by atoms with van der Waals surface area (Å²) in [5.41, 5.74) is 2.46. The topological polar surface area (TPSA) is 17.1 Å². The maximum absolute atomic E-state index is 12.1. The zero-order valence-corrected chi connectivity index (χ0v) is 10.2. The van der Waals surface area contributed by atoms with Gasteiger partial charge in [0.15, 0.2) is 5.78 Å². The van der Waals surface area contributed by atoms with E-state index in [1.165, 1.54) is 5.56 Å². The molecule has 1 heteroatoms. The highest BCUT2D eigenvalue weighted by Crippen LogP contribution is 2.62. The maximum atomic E-state index is 12.1. The first-order chi connectivity index (χ1) is 7.59. The molecule has 0 N–H and O–H groups in total. The van der Waals surface area contributed by atoms with Gasteiger partial charge in [-0.05, 0) is 23.3 Å². The van der Waals surface area contributed by atoms with Crippen molar-refractivity contribution in [2.75, 3.05) is 0 Å². The van der Waals surface area contributed by atoms with E-state index in [-0.39, 0.29) is 5.41 Å². The average molecular weight is 214 g/mol. The highest BCUT2D eigenvalue weighted by atomic mass is 16.1. The molecule has 0 radical (unpaired) electrons. The highest BCUT2D eigenvalue weighted by Gasteiger charge is 2.60. The van der Waals surface area contributed by atoms with Crippen molar-refractivity contribution < 1.29 is 4.79 Å². The largest absolute Gasteiger partial charge is 0.294 e. The van der Waals surface area contributed by atoms with Crippen LogP contribution in [0.1, 0.15) is 43.1 Å². The van der Waals surface area contributed by atoms with Crippen molar-refractivity contribution in [2.24, 2.45) is 17.8 Å². The fourth-order valence-corrected chi connectivity index (χ4v) is 4.07. The molecule has 84 valence electrons. The van der Waals surface area contributed by atoms with Crippen LogP contribution in [0.5, 0.6) is 0 Å². The molecule has 1 spiro atoms. The van der Waals surface area contributed by atoms with Crippen molar-refractivity contribution in [1.82, 2.24) is 0 Å². The second-order valence-corrected chi connectivity index (χ2v) is 5.62. The van der Waals surface area contributed by atoms with Crippen LogP contribution in [0.4, 0.5) is 0 Å². The summed E-state index contributed by atoms with van der Waals surface area (Å²) in [5, 5.41) is 0. The van der Waals surface area contributed by atoms with E-state index in [9.17, 15) is 4.79 Å². The molecule has 0 bridgehead atoms. The summed E-state index contributed by atoms with van der Waals surface area (Å²) in [6, 6.07) is 8.21. The van der Waals surface area contributed by atoms with Gasteiger partial charge in [-0.3, -0.25) is 4.79 Å². The molecule has 1 aromatic rings. The van der Waals surface area contributed by atoms with Gasteiger partial charge in [0.25, 0.3) is 0 Å². The third kappa shape index (κ3) is 0.904. The number of Topliss-reactive ketones (excluding diaryl/α,β-unsaturated/α-hetero) is 1. The van der Waals surface area contributed by atoms with E-state index >= 15 is 0 Å². The second-order valence-electron chi connectivity index (χ2n) is 5.62. The quantitative estimate of drug-likeness (QED) is 0.646. The lowest BCUT2D eigenvalue weighted by Gasteiger charge is -2.57. The number of ketones is 1. The van der Waals surface area contributed by atoms with Gasteiger partial charge in [0.05, 0.1) is 0 Å². The lowest BCUT2D eigenvalue weighted by Crippen LogP contribution is -2.55. The predicted octanol–water partition coefficient (Wildman–Crippen LogP) is 3.43. The molecule has 0 aromatic heterocycles. The van der Waals surface area contributed by atoms with Gasteiger partial charge in [0.2, 0.25) is 0 Å². The first-order valence-electron chi connectivity index (χ1n) is 6.21. The summed E-state index contributed by atoms with van der Waals surface area (Å²) in [5.74, 6) is 2.35. The number of hydrogen-bond acceptors (Lipinski definition) is 1. The van der Waals surface area contributed by atoms with E-state index in [2.05, 4.69) is 32.9 Å².